The molecule has 0 aliphatic rings. The van der Waals surface area contributed by atoms with Gasteiger partial charge in [-0.15, -0.1) is 0 Å². The summed E-state index contributed by atoms with van der Waals surface area (Å²) >= 11 is 0. The minimum absolute atomic E-state index is 0.231. The first-order chi connectivity index (χ1) is 13.1. The van der Waals surface area contributed by atoms with Gasteiger partial charge in [-0.05, 0) is 60.4 Å². The average molecular weight is 358 g/mol. The van der Waals surface area contributed by atoms with Crippen molar-refractivity contribution in [2.45, 2.75) is 20.5 Å². The molecule has 0 heterocycles. The Morgan fingerprint density at radius 1 is 0.963 bits per heavy atom. The summed E-state index contributed by atoms with van der Waals surface area (Å²) in [5.74, 6) is 0.522. The fraction of sp³-hybridized carbons (Fsp3) is 0.130. The van der Waals surface area contributed by atoms with Gasteiger partial charge in [-0.1, -0.05) is 48.5 Å². The van der Waals surface area contributed by atoms with Gasteiger partial charge in [0.25, 0.3) is 5.91 Å². The van der Waals surface area contributed by atoms with Gasteiger partial charge in [-0.3, -0.25) is 4.79 Å². The normalized spacial score (nSPS) is 10.7. The van der Waals surface area contributed by atoms with E-state index in [1.807, 2.05) is 80.6 Å². The van der Waals surface area contributed by atoms with Crippen molar-refractivity contribution >= 4 is 12.1 Å². The summed E-state index contributed by atoms with van der Waals surface area (Å²) in [7, 11) is 0. The summed E-state index contributed by atoms with van der Waals surface area (Å²) in [5.41, 5.74) is 7.34. The van der Waals surface area contributed by atoms with Gasteiger partial charge in [0.2, 0.25) is 0 Å². The molecule has 4 nitrogen and oxygen atoms in total. The lowest BCUT2D eigenvalue weighted by atomic mass is 10.1. The Kier molecular flexibility index (Phi) is 6.00. The van der Waals surface area contributed by atoms with Crippen LogP contribution in [0.1, 0.15) is 32.6 Å². The predicted octanol–water partition coefficient (Wildman–Crippen LogP) is 4.65. The molecule has 3 rings (SSSR count). The van der Waals surface area contributed by atoms with Gasteiger partial charge in [-0.25, -0.2) is 5.43 Å². The molecule has 4 heteroatoms. The Labute approximate surface area is 159 Å². The zero-order valence-corrected chi connectivity index (χ0v) is 15.5. The third-order valence-electron chi connectivity index (χ3n) is 4.26. The highest BCUT2D eigenvalue weighted by molar-refractivity contribution is 5.95. The van der Waals surface area contributed by atoms with E-state index in [0.717, 1.165) is 28.0 Å². The Balaban J connectivity index is 1.58. The van der Waals surface area contributed by atoms with E-state index in [1.54, 1.807) is 12.3 Å². The van der Waals surface area contributed by atoms with E-state index < -0.39 is 0 Å². The zero-order valence-electron chi connectivity index (χ0n) is 15.5. The molecule has 136 valence electrons. The van der Waals surface area contributed by atoms with E-state index in [2.05, 4.69) is 10.5 Å². The highest BCUT2D eigenvalue weighted by atomic mass is 16.5. The molecule has 0 unspecified atom stereocenters. The Hall–Kier alpha value is -3.40. The lowest BCUT2D eigenvalue weighted by molar-refractivity contribution is 0.0955. The highest BCUT2D eigenvalue weighted by Crippen LogP contribution is 2.14. The molecule has 0 aliphatic carbocycles. The first-order valence-corrected chi connectivity index (χ1v) is 8.79. The van der Waals surface area contributed by atoms with Gasteiger partial charge in [0.1, 0.15) is 12.4 Å². The SMILES string of the molecule is Cc1ccc(C(=O)NN=Cc2cccc(OCc3ccccc3)c2)cc1C. The van der Waals surface area contributed by atoms with Crippen molar-refractivity contribution in [2.24, 2.45) is 5.10 Å². The predicted molar refractivity (Wildman–Crippen MR) is 108 cm³/mol. The van der Waals surface area contributed by atoms with E-state index in [1.165, 1.54) is 0 Å². The average Bonchev–Trinajstić information content (AvgIpc) is 2.69. The molecule has 1 amide bonds. The number of carbonyl (C=O) groups excluding carboxylic acids is 1. The van der Waals surface area contributed by atoms with Crippen LogP contribution in [0.5, 0.6) is 5.75 Å². The molecule has 0 fully saturated rings. The maximum atomic E-state index is 12.2. The van der Waals surface area contributed by atoms with Crippen molar-refractivity contribution in [3.05, 3.63) is 101 Å². The summed E-state index contributed by atoms with van der Waals surface area (Å²) < 4.78 is 5.80. The lowest BCUT2D eigenvalue weighted by Crippen LogP contribution is -2.17. The second-order valence-corrected chi connectivity index (χ2v) is 6.34. The summed E-state index contributed by atoms with van der Waals surface area (Å²) in [4.78, 5) is 12.2. The molecule has 0 atom stereocenters. The van der Waals surface area contributed by atoms with Gasteiger partial charge in [0.15, 0.2) is 0 Å². The molecule has 3 aromatic carbocycles. The van der Waals surface area contributed by atoms with Crippen LogP contribution in [0.15, 0.2) is 77.9 Å². The number of aryl methyl sites for hydroxylation is 2. The van der Waals surface area contributed by atoms with Crippen molar-refractivity contribution < 1.29 is 9.53 Å². The molecule has 0 saturated carbocycles. The number of hydrazone groups is 1. The van der Waals surface area contributed by atoms with Crippen molar-refractivity contribution in [3.8, 4) is 5.75 Å². The smallest absolute Gasteiger partial charge is 0.271 e. The minimum atomic E-state index is -0.231. The first-order valence-electron chi connectivity index (χ1n) is 8.79. The highest BCUT2D eigenvalue weighted by Gasteiger charge is 2.05. The van der Waals surface area contributed by atoms with Crippen LogP contribution in [0.25, 0.3) is 0 Å². The fourth-order valence-electron chi connectivity index (χ4n) is 2.54. The molecular formula is C23H22N2O2. The van der Waals surface area contributed by atoms with Crippen LogP contribution < -0.4 is 10.2 Å². The van der Waals surface area contributed by atoms with Crippen molar-refractivity contribution in [3.63, 3.8) is 0 Å². The number of nitrogens with zero attached hydrogens (tertiary/aromatic N) is 1. The molecule has 27 heavy (non-hydrogen) atoms. The van der Waals surface area contributed by atoms with Crippen molar-refractivity contribution in [1.29, 1.82) is 0 Å². The maximum Gasteiger partial charge on any atom is 0.271 e. The van der Waals surface area contributed by atoms with Gasteiger partial charge >= 0.3 is 0 Å². The van der Waals surface area contributed by atoms with Gasteiger partial charge in [0, 0.05) is 5.56 Å². The van der Waals surface area contributed by atoms with Gasteiger partial charge in [-0.2, -0.15) is 5.10 Å². The van der Waals surface area contributed by atoms with Crippen LogP contribution in [0.3, 0.4) is 0 Å². The van der Waals surface area contributed by atoms with E-state index in [4.69, 9.17) is 4.74 Å². The summed E-state index contributed by atoms with van der Waals surface area (Å²) in [6, 6.07) is 23.2. The van der Waals surface area contributed by atoms with Gasteiger partial charge < -0.3 is 4.74 Å². The third kappa shape index (κ3) is 5.28. The standard InChI is InChI=1S/C23H22N2O2/c1-17-11-12-21(13-18(17)2)23(26)25-24-15-20-9-6-10-22(14-20)27-16-19-7-4-3-5-8-19/h3-15H,16H2,1-2H3,(H,25,26). The van der Waals surface area contributed by atoms with Gasteiger partial charge in [0.05, 0.1) is 6.21 Å². The first kappa shape index (κ1) is 18.4. The molecule has 0 radical (unpaired) electrons. The van der Waals surface area contributed by atoms with E-state index in [0.29, 0.717) is 12.2 Å². The van der Waals surface area contributed by atoms with Crippen LogP contribution in [0.2, 0.25) is 0 Å². The molecule has 0 spiro atoms. The summed E-state index contributed by atoms with van der Waals surface area (Å²) in [5, 5.41) is 4.05. The zero-order chi connectivity index (χ0) is 19.1. The largest absolute Gasteiger partial charge is 0.489 e. The number of nitrogens with one attached hydrogen (secondary N) is 1. The molecular weight excluding hydrogens is 336 g/mol. The lowest BCUT2D eigenvalue weighted by Gasteiger charge is -2.07. The quantitative estimate of drug-likeness (QED) is 0.515. The molecule has 1 N–H and O–H groups in total. The van der Waals surface area contributed by atoms with E-state index in [-0.39, 0.29) is 5.91 Å². The number of benzene rings is 3. The van der Waals surface area contributed by atoms with Crippen molar-refractivity contribution in [1.82, 2.24) is 5.43 Å². The summed E-state index contributed by atoms with van der Waals surface area (Å²) in [6.45, 7) is 4.50. The Morgan fingerprint density at radius 3 is 2.56 bits per heavy atom. The van der Waals surface area contributed by atoms with Crippen LogP contribution in [0.4, 0.5) is 0 Å². The Morgan fingerprint density at radius 2 is 1.78 bits per heavy atom. The number of hydrogen-bond donors (Lipinski definition) is 1. The monoisotopic (exact) mass is 358 g/mol. The minimum Gasteiger partial charge on any atom is -0.489 e. The van der Waals surface area contributed by atoms with Crippen LogP contribution in [-0.2, 0) is 6.61 Å². The van der Waals surface area contributed by atoms with E-state index >= 15 is 0 Å². The molecule has 0 saturated heterocycles. The number of carbonyl (C=O) groups is 1. The summed E-state index contributed by atoms with van der Waals surface area (Å²) in [6.07, 6.45) is 1.61. The molecule has 3 aromatic rings. The Bertz CT molecular complexity index is 950. The second kappa shape index (κ2) is 8.81. The molecule has 0 aliphatic heterocycles. The fourth-order valence-corrected chi connectivity index (χ4v) is 2.54. The maximum absolute atomic E-state index is 12.2. The van der Waals surface area contributed by atoms with Crippen LogP contribution >= 0.6 is 0 Å². The number of rotatable bonds is 6. The van der Waals surface area contributed by atoms with E-state index in [9.17, 15) is 4.79 Å². The molecule has 0 bridgehead atoms. The number of amides is 1. The number of ether oxygens (including phenoxy) is 1. The topological polar surface area (TPSA) is 50.7 Å². The number of hydrogen-bond acceptors (Lipinski definition) is 3. The second-order valence-electron chi connectivity index (χ2n) is 6.34. The van der Waals surface area contributed by atoms with Crippen LogP contribution in [-0.4, -0.2) is 12.1 Å². The van der Waals surface area contributed by atoms with Crippen molar-refractivity contribution in [2.75, 3.05) is 0 Å². The van der Waals surface area contributed by atoms with Crippen LogP contribution in [0, 0.1) is 13.8 Å². The third-order valence-corrected chi connectivity index (χ3v) is 4.26. The molecule has 0 aromatic heterocycles.